The van der Waals surface area contributed by atoms with Gasteiger partial charge in [0.2, 0.25) is 17.7 Å². The molecule has 0 saturated carbocycles. The van der Waals surface area contributed by atoms with Crippen LogP contribution in [0.5, 0.6) is 5.75 Å². The number of hydrogen-bond acceptors (Lipinski definition) is 16. The number of carbonyl (C=O) groups excluding carboxylic acids is 5. The molecule has 384 valence electrons. The lowest BCUT2D eigenvalue weighted by atomic mass is 9.85. The number of aromatic nitrogens is 7. The zero-order chi connectivity index (χ0) is 52.4. The molecule has 4 atom stereocenters. The predicted molar refractivity (Wildman–Crippen MR) is 276 cm³/mol. The Bertz CT molecular complexity index is 2920. The van der Waals surface area contributed by atoms with Crippen LogP contribution in [-0.4, -0.2) is 120 Å². The number of unbranched alkanes of at least 4 members (excludes halogenated alkanes) is 2. The van der Waals surface area contributed by atoms with Crippen molar-refractivity contribution < 1.29 is 33.8 Å². The highest BCUT2D eigenvalue weighted by Gasteiger charge is 2.44. The van der Waals surface area contributed by atoms with Crippen LogP contribution in [0.15, 0.2) is 78.7 Å². The highest BCUT2D eigenvalue weighted by Crippen LogP contribution is 2.37. The van der Waals surface area contributed by atoms with Gasteiger partial charge >= 0.3 is 0 Å². The van der Waals surface area contributed by atoms with Crippen molar-refractivity contribution in [1.82, 2.24) is 61.1 Å². The maximum absolute atomic E-state index is 14.1. The van der Waals surface area contributed by atoms with E-state index in [2.05, 4.69) is 62.1 Å². The third-order valence-electron chi connectivity index (χ3n) is 12.3. The Morgan fingerprint density at radius 1 is 0.904 bits per heavy atom. The number of benzene rings is 2. The summed E-state index contributed by atoms with van der Waals surface area (Å²) in [6, 6.07) is 15.9. The molecule has 1 fully saturated rings. The molecule has 5 heterocycles. The number of thiazole rings is 1. The second-order valence-corrected chi connectivity index (χ2v) is 19.7. The minimum atomic E-state index is -0.943. The van der Waals surface area contributed by atoms with Crippen LogP contribution in [0.3, 0.4) is 0 Å². The molecular formula is C51H62N14O7S. The molecule has 0 unspecified atom stereocenters. The van der Waals surface area contributed by atoms with E-state index in [4.69, 9.17) is 4.74 Å². The van der Waals surface area contributed by atoms with E-state index in [9.17, 15) is 29.1 Å². The number of hydrogen-bond donors (Lipinski definition) is 7. The van der Waals surface area contributed by atoms with Gasteiger partial charge in [0.25, 0.3) is 11.8 Å². The number of rotatable bonds is 20. The van der Waals surface area contributed by atoms with E-state index < -0.39 is 35.4 Å². The summed E-state index contributed by atoms with van der Waals surface area (Å²) in [6.45, 7) is 9.71. The van der Waals surface area contributed by atoms with Crippen LogP contribution in [0.2, 0.25) is 0 Å². The first kappa shape index (κ1) is 53.0. The van der Waals surface area contributed by atoms with Crippen molar-refractivity contribution >= 4 is 63.9 Å². The molecule has 6 aromatic rings. The lowest BCUT2D eigenvalue weighted by Crippen LogP contribution is -2.57. The van der Waals surface area contributed by atoms with Crippen molar-refractivity contribution in [2.75, 3.05) is 37.9 Å². The normalized spacial score (nSPS) is 15.2. The molecule has 1 saturated heterocycles. The molecule has 21 nitrogen and oxygen atoms in total. The molecule has 0 bridgehead atoms. The van der Waals surface area contributed by atoms with Gasteiger partial charge in [-0.1, -0.05) is 57.5 Å². The standard InChI is InChI=1S/C51H62N14O7S/c1-29(31-16-18-32(19-17-31)44-30(2)56-28-73-44)57-48(69)38-23-34(66)26-65(38)50(71)45(51(3,4)5)60-41(67)15-10-9-11-22-53-47(68)33-20-21-39(54-25-33)59-40-24-37(42(62-61-40)49(70)52-6)58-36-14-12-13-35(43(36)72-8)46-55-27-64(7)63-46/h12-14,16-21,24-25,27-29,34,38,45,66H,9-11,15,22-23,26H2,1-8H3,(H,52,70)(H,53,68)(H,57,69)(H,60,67)(H2,54,58,59,61)/t29-,34+,38-,45+/m0/s1. The van der Waals surface area contributed by atoms with Gasteiger partial charge in [0, 0.05) is 52.3 Å². The fraction of sp³-hybridized carbons (Fsp3) is 0.392. The molecule has 22 heteroatoms. The molecule has 7 rings (SSSR count). The maximum Gasteiger partial charge on any atom is 0.273 e. The molecule has 5 amide bonds. The lowest BCUT2D eigenvalue weighted by Gasteiger charge is -2.35. The number of anilines is 4. The van der Waals surface area contributed by atoms with Crippen molar-refractivity contribution in [2.45, 2.75) is 91.0 Å². The minimum absolute atomic E-state index is 0.0241. The summed E-state index contributed by atoms with van der Waals surface area (Å²) in [5, 5.41) is 41.1. The quantitative estimate of drug-likeness (QED) is 0.0458. The van der Waals surface area contributed by atoms with Crippen LogP contribution in [0.4, 0.5) is 23.0 Å². The number of pyridine rings is 1. The van der Waals surface area contributed by atoms with Gasteiger partial charge in [0.05, 0.1) is 57.8 Å². The first-order valence-electron chi connectivity index (χ1n) is 23.9. The number of likely N-dealkylation sites (tertiary alicyclic amines) is 1. The summed E-state index contributed by atoms with van der Waals surface area (Å²) in [6.07, 6.45) is 4.09. The first-order valence-corrected chi connectivity index (χ1v) is 24.8. The second kappa shape index (κ2) is 23.6. The molecule has 1 aliphatic heterocycles. The maximum atomic E-state index is 14.1. The van der Waals surface area contributed by atoms with E-state index >= 15 is 0 Å². The van der Waals surface area contributed by atoms with E-state index in [-0.39, 0.29) is 54.7 Å². The smallest absolute Gasteiger partial charge is 0.273 e. The summed E-state index contributed by atoms with van der Waals surface area (Å²) in [4.78, 5) is 82.4. The van der Waals surface area contributed by atoms with Gasteiger partial charge in [-0.2, -0.15) is 5.10 Å². The molecule has 0 aliphatic carbocycles. The molecule has 7 N–H and O–H groups in total. The van der Waals surface area contributed by atoms with Gasteiger partial charge in [0.1, 0.15) is 24.2 Å². The minimum Gasteiger partial charge on any atom is -0.494 e. The Kier molecular flexibility index (Phi) is 17.1. The number of aliphatic hydroxyl groups excluding tert-OH is 1. The third-order valence-corrected chi connectivity index (χ3v) is 13.3. The molecule has 1 aliphatic rings. The Morgan fingerprint density at radius 3 is 2.34 bits per heavy atom. The number of methoxy groups -OCH3 is 1. The van der Waals surface area contributed by atoms with Crippen LogP contribution in [-0.2, 0) is 21.4 Å². The van der Waals surface area contributed by atoms with E-state index in [0.29, 0.717) is 65.7 Å². The second-order valence-electron chi connectivity index (χ2n) is 18.8. The highest BCUT2D eigenvalue weighted by atomic mass is 32.1. The number of aryl methyl sites for hydroxylation is 2. The number of para-hydroxylation sites is 1. The van der Waals surface area contributed by atoms with Gasteiger partial charge in [-0.25, -0.2) is 15.0 Å². The van der Waals surface area contributed by atoms with Crippen LogP contribution < -0.4 is 36.6 Å². The largest absolute Gasteiger partial charge is 0.494 e. The van der Waals surface area contributed by atoms with E-state index in [1.165, 1.54) is 25.3 Å². The van der Waals surface area contributed by atoms with Crippen LogP contribution in [0.1, 0.15) is 97.9 Å². The Morgan fingerprint density at radius 2 is 1.68 bits per heavy atom. The summed E-state index contributed by atoms with van der Waals surface area (Å²) >= 11 is 1.57. The zero-order valence-electron chi connectivity index (χ0n) is 42.1. The number of ether oxygens (including phenoxy) is 1. The van der Waals surface area contributed by atoms with Crippen LogP contribution in [0, 0.1) is 12.3 Å². The first-order chi connectivity index (χ1) is 34.9. The summed E-state index contributed by atoms with van der Waals surface area (Å²) in [5.74, 6) is -0.366. The van der Waals surface area contributed by atoms with Crippen molar-refractivity contribution in [3.63, 3.8) is 0 Å². The summed E-state index contributed by atoms with van der Waals surface area (Å²) < 4.78 is 7.32. The SMILES string of the molecule is CNC(=O)c1nnc(Nc2ccc(C(=O)NCCCCCC(=O)N[C@H](C(=O)N3C[C@H](O)C[C@H]3C(=O)N[C@@H](C)c3ccc(-c4scnc4C)cc3)C(C)(C)C)cn2)cc1Nc1cccc(-c2ncn(C)n2)c1OC. The van der Waals surface area contributed by atoms with Gasteiger partial charge in [0.15, 0.2) is 23.1 Å². The number of nitrogens with zero attached hydrogens (tertiary/aromatic N) is 8. The van der Waals surface area contributed by atoms with Gasteiger partial charge in [-0.3, -0.25) is 28.7 Å². The Labute approximate surface area is 427 Å². The third kappa shape index (κ3) is 13.2. The van der Waals surface area contributed by atoms with Crippen molar-refractivity contribution in [1.29, 1.82) is 0 Å². The van der Waals surface area contributed by atoms with Gasteiger partial charge in [-0.15, -0.1) is 21.5 Å². The molecule has 2 aromatic carbocycles. The predicted octanol–water partition coefficient (Wildman–Crippen LogP) is 5.61. The molecule has 73 heavy (non-hydrogen) atoms. The zero-order valence-corrected chi connectivity index (χ0v) is 43.0. The summed E-state index contributed by atoms with van der Waals surface area (Å²) in [5.41, 5.74) is 5.84. The van der Waals surface area contributed by atoms with Gasteiger partial charge in [-0.05, 0) is 67.5 Å². The average Bonchev–Trinajstić information content (AvgIpc) is 4.13. The average molecular weight is 1020 g/mol. The van der Waals surface area contributed by atoms with Crippen molar-refractivity contribution in [2.24, 2.45) is 12.5 Å². The number of carbonyl (C=O) groups is 5. The van der Waals surface area contributed by atoms with Gasteiger partial charge < -0.3 is 46.6 Å². The number of nitrogens with one attached hydrogen (secondary N) is 6. The van der Waals surface area contributed by atoms with E-state index in [0.717, 1.165) is 21.7 Å². The Balaban J connectivity index is 0.866. The van der Waals surface area contributed by atoms with Crippen LogP contribution >= 0.6 is 11.3 Å². The molecule has 0 spiro atoms. The topological polar surface area (TPSA) is 272 Å². The van der Waals surface area contributed by atoms with E-state index in [1.54, 1.807) is 59.7 Å². The van der Waals surface area contributed by atoms with Crippen molar-refractivity contribution in [3.8, 4) is 27.6 Å². The van der Waals surface area contributed by atoms with Crippen LogP contribution in [0.25, 0.3) is 21.8 Å². The Hall–Kier alpha value is -7.85. The highest BCUT2D eigenvalue weighted by molar-refractivity contribution is 7.13. The fourth-order valence-corrected chi connectivity index (χ4v) is 9.16. The van der Waals surface area contributed by atoms with E-state index in [1.807, 2.05) is 70.5 Å². The monoisotopic (exact) mass is 1010 g/mol. The number of aliphatic hydroxyl groups is 1. The number of amides is 5. The molecular weight excluding hydrogens is 953 g/mol. The fourth-order valence-electron chi connectivity index (χ4n) is 8.35. The van der Waals surface area contributed by atoms with Crippen molar-refractivity contribution in [3.05, 3.63) is 101 Å². The summed E-state index contributed by atoms with van der Waals surface area (Å²) in [7, 11) is 4.78. The number of β-amino-alcohol motifs (C(OH)–C–C–N with tert-alkyl or cyclic N) is 1. The lowest BCUT2D eigenvalue weighted by molar-refractivity contribution is -0.144. The molecule has 4 aromatic heterocycles. The molecule has 0 radical (unpaired) electrons.